The molecule has 0 saturated carbocycles. The molecule has 27 N–H and O–H groups in total. The van der Waals surface area contributed by atoms with E-state index in [4.69, 9.17) is 20.9 Å². The molecule has 0 unspecified atom stereocenters. The summed E-state index contributed by atoms with van der Waals surface area (Å²) in [6.45, 7) is 20.6. The van der Waals surface area contributed by atoms with E-state index in [1.54, 1.807) is 95.3 Å². The number of aromatic hydroxyl groups is 1. The number of rotatable bonds is 43. The predicted molar refractivity (Wildman–Crippen MR) is 541 cm³/mol. The summed E-state index contributed by atoms with van der Waals surface area (Å²) in [5.74, 6) is -28.7. The Morgan fingerprint density at radius 1 is 0.523 bits per heavy atom. The van der Waals surface area contributed by atoms with Gasteiger partial charge >= 0.3 is 5.97 Å². The summed E-state index contributed by atoms with van der Waals surface area (Å²) in [5.41, 5.74) is 10.9. The van der Waals surface area contributed by atoms with E-state index < -0.39 is 343 Å². The third-order valence-electron chi connectivity index (χ3n) is 23.8. The normalized spacial score (nSPS) is 21.8. The topological polar surface area (TPSA) is 767 Å². The first kappa shape index (κ1) is 126. The number of benzene rings is 3. The monoisotopic (exact) mass is 2130 g/mol. The number of primary amides is 2. The van der Waals surface area contributed by atoms with Crippen LogP contribution in [0.5, 0.6) is 5.75 Å². The summed E-state index contributed by atoms with van der Waals surface area (Å²) in [6.07, 6.45) is -9.24. The zero-order valence-corrected chi connectivity index (χ0v) is 88.0. The van der Waals surface area contributed by atoms with Crippen molar-refractivity contribution in [3.63, 3.8) is 0 Å². The molecule has 21 amide bonds. The van der Waals surface area contributed by atoms with Crippen LogP contribution in [0, 0.1) is 23.7 Å². The lowest BCUT2D eigenvalue weighted by atomic mass is 9.96. The van der Waals surface area contributed by atoms with Crippen LogP contribution in [0.4, 0.5) is 0 Å². The molecular weight excluding hydrogens is 1990 g/mol. The van der Waals surface area contributed by atoms with Gasteiger partial charge in [0.2, 0.25) is 124 Å². The second-order valence-electron chi connectivity index (χ2n) is 38.5. The van der Waals surface area contributed by atoms with E-state index in [0.717, 1.165) is 38.2 Å². The molecule has 50 nitrogen and oxygen atoms in total. The number of aliphatic hydroxyl groups is 3. The van der Waals surface area contributed by atoms with Gasteiger partial charge in [-0.2, -0.15) is 0 Å². The van der Waals surface area contributed by atoms with Gasteiger partial charge in [0.25, 0.3) is 0 Å². The van der Waals surface area contributed by atoms with Crippen LogP contribution in [0.2, 0.25) is 0 Å². The number of aliphatic carboxylic acids is 1. The largest absolute Gasteiger partial charge is 0.508 e. The molecule has 2 aliphatic rings. The van der Waals surface area contributed by atoms with E-state index >= 15 is 33.6 Å². The molecule has 0 radical (unpaired) electrons. The fourth-order valence-corrected chi connectivity index (χ4v) is 17.5. The number of nitrogens with one attached hydrogen (secondary N) is 18. The Morgan fingerprint density at radius 2 is 1.03 bits per heavy atom. The van der Waals surface area contributed by atoms with Crippen molar-refractivity contribution in [2.45, 2.75) is 302 Å². The number of ether oxygens (including phenoxy) is 2. The van der Waals surface area contributed by atoms with Crippen LogP contribution in [0.25, 0.3) is 0 Å². The van der Waals surface area contributed by atoms with Gasteiger partial charge in [-0.15, -0.1) is 0 Å². The Bertz CT molecular complexity index is 5160. The fraction of sp³-hybridized carbons (Fsp3) is 0.588. The number of phenols is 1. The highest BCUT2D eigenvalue weighted by atomic mass is 33.1. The van der Waals surface area contributed by atoms with Crippen molar-refractivity contribution < 1.29 is 140 Å². The second kappa shape index (κ2) is 60.7. The Morgan fingerprint density at radius 3 is 1.58 bits per heavy atom. The molecule has 149 heavy (non-hydrogen) atoms. The van der Waals surface area contributed by atoms with Gasteiger partial charge in [0.1, 0.15) is 121 Å². The third kappa shape index (κ3) is 42.1. The minimum atomic E-state index is -2.09. The first-order valence-corrected chi connectivity index (χ1v) is 51.2. The maximum atomic E-state index is 15.7. The van der Waals surface area contributed by atoms with Crippen LogP contribution < -0.4 is 107 Å². The molecule has 52 heteroatoms. The number of carboxylic acid groups (broad SMARTS) is 1. The number of carbonyl (C=O) groups is 22. The minimum absolute atomic E-state index is 0.0147. The fourth-order valence-electron chi connectivity index (χ4n) is 15.2. The number of nitrogens with zero attached hydrogens (tertiary/aromatic N) is 1. The summed E-state index contributed by atoms with van der Waals surface area (Å²) >= 11 is 0. The van der Waals surface area contributed by atoms with Gasteiger partial charge in [0.15, 0.2) is 0 Å². The van der Waals surface area contributed by atoms with Crippen molar-refractivity contribution in [3.05, 3.63) is 102 Å². The van der Waals surface area contributed by atoms with E-state index in [1.807, 2.05) is 0 Å². The van der Waals surface area contributed by atoms with Gasteiger partial charge < -0.3 is 147 Å². The average Bonchev–Trinajstić information content (AvgIpc) is 1.68. The summed E-state index contributed by atoms with van der Waals surface area (Å²) in [5, 5.41) is 98.1. The highest BCUT2D eigenvalue weighted by Crippen LogP contribution is 2.27. The maximum absolute atomic E-state index is 15.7. The molecule has 824 valence electrons. The van der Waals surface area contributed by atoms with Crippen LogP contribution in [0.1, 0.15) is 166 Å². The summed E-state index contributed by atoms with van der Waals surface area (Å²) < 4.78 is 11.2. The number of amides is 21. The molecule has 2 saturated heterocycles. The summed E-state index contributed by atoms with van der Waals surface area (Å²) in [4.78, 5) is 314. The van der Waals surface area contributed by atoms with Crippen molar-refractivity contribution in [1.29, 1.82) is 0 Å². The highest BCUT2D eigenvalue weighted by Gasteiger charge is 2.46. The molecule has 3 aromatic carbocycles. The second-order valence-corrected chi connectivity index (χ2v) is 41.1. The first-order chi connectivity index (χ1) is 69.8. The van der Waals surface area contributed by atoms with Gasteiger partial charge in [-0.25, -0.2) is 4.79 Å². The molecule has 0 spiro atoms. The SMILES string of the molecule is CC[C@H](C)[C@@H]1NC(=O)[C@H]([C@@H](C)O)NC(=O)CNC(=O)[C@@H]2C[C@@H](OCC(=O)O)CN2C(=O)[C@H](C)NC(=O)[C@H](CC(N)=O)NC(=O)[C@H](Cc2ccc(O)cc2)NC(=O)[C@@H](NC(=O)[C@H](CC(C)C)NC(=O)[C@H](CC(C)C)NC(=O)[C@H](Cc2ccccc2)NC(=O)[C@@H](NC(=O)[C@H](COCc2ccccc2)NC(C)=O)[C@@H](C)O)CSSC[C@@H](C(=O)N[C@@H](C)C(=O)N[C@H](C(=O)N[C@@H](C)C(=O)NC(C)(C)C(N)=O)C(C)C)NC(=O)[C@H]([C@@H](C)O)NC1=O. The van der Waals surface area contributed by atoms with Crippen molar-refractivity contribution in [3.8, 4) is 5.75 Å². The Labute approximate surface area is 870 Å². The van der Waals surface area contributed by atoms with E-state index in [1.165, 1.54) is 79.7 Å². The lowest BCUT2D eigenvalue weighted by molar-refractivity contribution is -0.144. The van der Waals surface area contributed by atoms with Gasteiger partial charge in [-0.05, 0) is 121 Å². The molecule has 5 rings (SSSR count). The number of fused-ring (bicyclic) bond motifs is 1. The molecule has 2 fully saturated rings. The number of aliphatic hydroxyl groups excluding tert-OH is 3. The van der Waals surface area contributed by atoms with E-state index in [2.05, 4.69) is 95.7 Å². The number of carbonyl (C=O) groups excluding carboxylic acids is 21. The van der Waals surface area contributed by atoms with E-state index in [-0.39, 0.29) is 43.6 Å². The third-order valence-corrected chi connectivity index (χ3v) is 26.2. The zero-order valence-electron chi connectivity index (χ0n) is 86.4. The lowest BCUT2D eigenvalue weighted by Gasteiger charge is -2.30. The number of hydrogen-bond acceptors (Lipinski definition) is 30. The van der Waals surface area contributed by atoms with Gasteiger partial charge in [-0.1, -0.05) is 156 Å². The maximum Gasteiger partial charge on any atom is 0.329 e. The quantitative estimate of drug-likeness (QED) is 0.0235. The predicted octanol–water partition coefficient (Wildman–Crippen LogP) is -6.00. The van der Waals surface area contributed by atoms with Gasteiger partial charge in [0.05, 0.1) is 50.6 Å². The molecule has 2 heterocycles. The van der Waals surface area contributed by atoms with Gasteiger partial charge in [-0.3, -0.25) is 101 Å². The molecule has 3 aromatic rings. The van der Waals surface area contributed by atoms with Crippen LogP contribution >= 0.6 is 21.6 Å². The number of hydrogen-bond donors (Lipinski definition) is 25. The number of carboxylic acids is 1. The summed E-state index contributed by atoms with van der Waals surface area (Å²) in [6, 6.07) is -7.48. The van der Waals surface area contributed by atoms with Crippen molar-refractivity contribution >= 4 is 152 Å². The van der Waals surface area contributed by atoms with Crippen LogP contribution in [0.15, 0.2) is 84.9 Å². The van der Waals surface area contributed by atoms with E-state index in [0.29, 0.717) is 27.2 Å². The van der Waals surface area contributed by atoms with Gasteiger partial charge in [0, 0.05) is 44.2 Å². The Hall–Kier alpha value is -13.7. The smallest absolute Gasteiger partial charge is 0.329 e. The van der Waals surface area contributed by atoms with Crippen molar-refractivity contribution in [1.82, 2.24) is 101 Å². The standard InChI is InChI=1S/C97H145N21O29S2/c1-18-49(8)75-91(140)116-78(55(14)121)93(142)111-68(87(136)101-50(9)79(128)113-74(48(6)7)90(139)102-51(10)80(129)117-97(16,17)96(99)145)44-148-149-45-69(110-83(132)63(34-47(4)5)105-82(131)62(33-46(2)3)106-85(134)65(35-57-25-21-19-22-26-57)109-92(141)77(54(13)120)115-86(135)67(104-56(15)122)42-146-41-59-27-23-20-24-28-59)88(137)107-64(36-58-29-31-60(123)32-30-58)84(133)108-66(38-71(98)124)81(130)103-52(11)95(144)118-40-61(147-43-73(126)127)37-70(118)89(138)100-39-72(125)112-76(53(12)119)94(143)114-75/h19-32,46-55,61-70,74-78,119-121,123H,18,33-45H2,1-17H3,(H2,98,124)(H2,99,145)(H,100,138)(H,101,136)(H,102,139)(H,103,130)(H,104,122)(H,105,131)(H,106,134)(H,107,137)(H,108,133)(H,109,141)(H,110,132)(H,111,142)(H,112,125)(H,113,128)(H,114,143)(H,115,135)(H,116,140)(H,117,129)(H,126,127)/t49-,50-,51-,52-,53+,54+,55+,61+,62-,63-,64-,65-,66-,67-,68-,69-,70-,74-,75-,76-,77-,78-/m0/s1. The van der Waals surface area contributed by atoms with Crippen LogP contribution in [-0.2, 0) is 134 Å². The molecular formula is C97H145N21O29S2. The summed E-state index contributed by atoms with van der Waals surface area (Å²) in [7, 11) is 1.33. The van der Waals surface area contributed by atoms with Crippen molar-refractivity contribution in [2.24, 2.45) is 35.1 Å². The highest BCUT2D eigenvalue weighted by molar-refractivity contribution is 8.76. The molecule has 22 atom stereocenters. The molecule has 0 bridgehead atoms. The van der Waals surface area contributed by atoms with Crippen molar-refractivity contribution in [2.75, 3.05) is 37.8 Å². The molecule has 0 aliphatic carbocycles. The Balaban J connectivity index is 1.70. The lowest BCUT2D eigenvalue weighted by Crippen LogP contribution is -2.63. The number of nitrogens with two attached hydrogens (primary N) is 2. The van der Waals surface area contributed by atoms with Crippen LogP contribution in [0.3, 0.4) is 0 Å². The first-order valence-electron chi connectivity index (χ1n) is 48.7. The number of phenolic OH excluding ortho intramolecular Hbond substituents is 1. The van der Waals surface area contributed by atoms with E-state index in [9.17, 15) is 97.5 Å². The minimum Gasteiger partial charge on any atom is -0.508 e. The zero-order chi connectivity index (χ0) is 112. The molecule has 2 aliphatic heterocycles. The van der Waals surface area contributed by atoms with Crippen LogP contribution in [-0.4, -0.2) is 331 Å². The molecule has 0 aromatic heterocycles. The Kier molecular flexibility index (Phi) is 51.2. The average molecular weight is 2130 g/mol.